The minimum atomic E-state index is 0.172. The van der Waals surface area contributed by atoms with E-state index in [1.54, 1.807) is 0 Å². The van der Waals surface area contributed by atoms with Gasteiger partial charge in [-0.3, -0.25) is 4.79 Å². The molecule has 1 atom stereocenters. The van der Waals surface area contributed by atoms with Gasteiger partial charge in [-0.2, -0.15) is 0 Å². The van der Waals surface area contributed by atoms with Crippen LogP contribution in [0.25, 0.3) is 11.0 Å². The number of aromatic nitrogens is 2. The Morgan fingerprint density at radius 3 is 2.96 bits per heavy atom. The molecule has 1 saturated heterocycles. The zero-order chi connectivity index (χ0) is 18.4. The zero-order valence-corrected chi connectivity index (χ0v) is 17.4. The molecule has 2 aromatic rings. The van der Waals surface area contributed by atoms with E-state index in [0.717, 1.165) is 35.9 Å². The van der Waals surface area contributed by atoms with Crippen LogP contribution in [0.3, 0.4) is 0 Å². The van der Waals surface area contributed by atoms with E-state index < -0.39 is 0 Å². The van der Waals surface area contributed by atoms with Crippen molar-refractivity contribution < 1.29 is 4.79 Å². The van der Waals surface area contributed by atoms with E-state index in [4.69, 9.17) is 4.98 Å². The lowest BCUT2D eigenvalue weighted by Gasteiger charge is -2.13. The number of carbonyl (C=O) groups is 1. The number of amides is 1. The fraction of sp³-hybridized carbons (Fsp3) is 0.600. The number of para-hydroxylation sites is 2. The first kappa shape index (κ1) is 19.6. The van der Waals surface area contributed by atoms with Crippen molar-refractivity contribution >= 4 is 38.5 Å². The van der Waals surface area contributed by atoms with Crippen LogP contribution < -0.4 is 5.32 Å². The van der Waals surface area contributed by atoms with E-state index in [2.05, 4.69) is 41.9 Å². The average Bonchev–Trinajstić information content (AvgIpc) is 3.25. The number of nitrogens with zero attached hydrogens (tertiary/aromatic N) is 2. The molecule has 0 saturated carbocycles. The molecule has 2 heterocycles. The molecule has 0 spiro atoms. The first-order valence-electron chi connectivity index (χ1n) is 9.66. The summed E-state index contributed by atoms with van der Waals surface area (Å²) in [6.45, 7) is 5.01. The lowest BCUT2D eigenvalue weighted by atomic mass is 10.1. The molecule has 1 N–H and O–H groups in total. The SMILES string of the molecule is CC(C)n1c(CCNC(=O)CCCCC2CCSS2)nc2ccccc21. The number of carbonyl (C=O) groups excluding carboxylic acids is 1. The van der Waals surface area contributed by atoms with Gasteiger partial charge in [0.1, 0.15) is 5.82 Å². The number of hydrogen-bond donors (Lipinski definition) is 1. The maximum Gasteiger partial charge on any atom is 0.220 e. The van der Waals surface area contributed by atoms with Gasteiger partial charge in [0.25, 0.3) is 0 Å². The highest BCUT2D eigenvalue weighted by atomic mass is 33.1. The van der Waals surface area contributed by atoms with Crippen LogP contribution in [0.1, 0.15) is 57.8 Å². The molecule has 0 radical (unpaired) electrons. The second-order valence-corrected chi connectivity index (χ2v) is 9.94. The minimum absolute atomic E-state index is 0.172. The van der Waals surface area contributed by atoms with Gasteiger partial charge in [0.15, 0.2) is 0 Å². The first-order valence-corrected chi connectivity index (χ1v) is 12.0. The Morgan fingerprint density at radius 2 is 2.19 bits per heavy atom. The summed E-state index contributed by atoms with van der Waals surface area (Å²) in [6, 6.07) is 8.61. The van der Waals surface area contributed by atoms with Crippen molar-refractivity contribution in [1.29, 1.82) is 0 Å². The number of hydrogen-bond acceptors (Lipinski definition) is 4. The van der Waals surface area contributed by atoms with Gasteiger partial charge in [-0.25, -0.2) is 4.98 Å². The van der Waals surface area contributed by atoms with E-state index in [0.29, 0.717) is 19.0 Å². The molecule has 0 bridgehead atoms. The number of benzene rings is 1. The lowest BCUT2D eigenvalue weighted by Crippen LogP contribution is -2.26. The molecule has 1 aromatic heterocycles. The maximum absolute atomic E-state index is 12.1. The van der Waals surface area contributed by atoms with E-state index in [9.17, 15) is 4.79 Å². The first-order chi connectivity index (χ1) is 12.6. The summed E-state index contributed by atoms with van der Waals surface area (Å²) in [5.74, 6) is 2.51. The molecule has 3 rings (SSSR count). The Labute approximate surface area is 164 Å². The smallest absolute Gasteiger partial charge is 0.220 e. The Hall–Kier alpha value is -1.14. The molecule has 4 nitrogen and oxygen atoms in total. The van der Waals surface area contributed by atoms with E-state index >= 15 is 0 Å². The van der Waals surface area contributed by atoms with Crippen LogP contribution in [0.2, 0.25) is 0 Å². The van der Waals surface area contributed by atoms with E-state index in [-0.39, 0.29) is 5.91 Å². The number of rotatable bonds is 9. The van der Waals surface area contributed by atoms with Gasteiger partial charge in [0, 0.05) is 36.4 Å². The normalized spacial score (nSPS) is 17.3. The highest BCUT2D eigenvalue weighted by molar-refractivity contribution is 8.77. The average molecular weight is 392 g/mol. The van der Waals surface area contributed by atoms with Crippen molar-refractivity contribution in [3.63, 3.8) is 0 Å². The Kier molecular flexibility index (Phi) is 7.32. The van der Waals surface area contributed by atoms with Crippen LogP contribution in [0.4, 0.5) is 0 Å². The maximum atomic E-state index is 12.1. The highest BCUT2D eigenvalue weighted by Crippen LogP contribution is 2.39. The number of imidazole rings is 1. The molecule has 1 aliphatic rings. The summed E-state index contributed by atoms with van der Waals surface area (Å²) in [5.41, 5.74) is 2.21. The van der Waals surface area contributed by atoms with E-state index in [1.807, 2.05) is 27.7 Å². The predicted molar refractivity (Wildman–Crippen MR) is 114 cm³/mol. The third kappa shape index (κ3) is 5.19. The van der Waals surface area contributed by atoms with Crippen LogP contribution in [0.5, 0.6) is 0 Å². The third-order valence-electron chi connectivity index (χ3n) is 4.76. The Bertz CT molecular complexity index is 723. The summed E-state index contributed by atoms with van der Waals surface area (Å²) < 4.78 is 2.28. The quantitative estimate of drug-likeness (QED) is 0.483. The number of fused-ring (bicyclic) bond motifs is 1. The van der Waals surface area contributed by atoms with Crippen molar-refractivity contribution in [2.75, 3.05) is 12.3 Å². The lowest BCUT2D eigenvalue weighted by molar-refractivity contribution is -0.121. The van der Waals surface area contributed by atoms with E-state index in [1.165, 1.54) is 24.1 Å². The minimum Gasteiger partial charge on any atom is -0.356 e. The fourth-order valence-corrected chi connectivity index (χ4v) is 6.50. The van der Waals surface area contributed by atoms with Crippen molar-refractivity contribution in [2.45, 2.75) is 63.7 Å². The van der Waals surface area contributed by atoms with Gasteiger partial charge < -0.3 is 9.88 Å². The van der Waals surface area contributed by atoms with Crippen LogP contribution in [-0.2, 0) is 11.2 Å². The molecule has 1 amide bonds. The van der Waals surface area contributed by atoms with Gasteiger partial charge >= 0.3 is 0 Å². The standard InChI is InChI=1S/C20H29N3OS2/c1-15(2)23-18-9-5-4-8-17(18)22-19(23)11-13-21-20(24)10-6-3-7-16-12-14-25-26-16/h4-5,8-9,15-16H,3,6-7,10-14H2,1-2H3,(H,21,24). The molecule has 1 aromatic carbocycles. The Morgan fingerprint density at radius 1 is 1.35 bits per heavy atom. The number of unbranched alkanes of at least 4 members (excludes halogenated alkanes) is 1. The van der Waals surface area contributed by atoms with Gasteiger partial charge in [-0.15, -0.1) is 0 Å². The topological polar surface area (TPSA) is 46.9 Å². The monoisotopic (exact) mass is 391 g/mol. The van der Waals surface area contributed by atoms with Crippen molar-refractivity contribution in [3.05, 3.63) is 30.1 Å². The second-order valence-electron chi connectivity index (χ2n) is 7.16. The summed E-state index contributed by atoms with van der Waals surface area (Å²) in [5, 5.41) is 3.88. The van der Waals surface area contributed by atoms with Crippen LogP contribution in [-0.4, -0.2) is 33.0 Å². The molecule has 1 fully saturated rings. The second kappa shape index (κ2) is 9.70. The van der Waals surface area contributed by atoms with Crippen LogP contribution >= 0.6 is 21.6 Å². The van der Waals surface area contributed by atoms with Crippen molar-refractivity contribution in [2.24, 2.45) is 0 Å². The van der Waals surface area contributed by atoms with Crippen LogP contribution in [0.15, 0.2) is 24.3 Å². The zero-order valence-electron chi connectivity index (χ0n) is 15.7. The van der Waals surface area contributed by atoms with Crippen LogP contribution in [0, 0.1) is 0 Å². The van der Waals surface area contributed by atoms with Gasteiger partial charge in [0.05, 0.1) is 11.0 Å². The highest BCUT2D eigenvalue weighted by Gasteiger charge is 2.16. The number of nitrogens with one attached hydrogen (secondary N) is 1. The Balaban J connectivity index is 1.42. The molecule has 26 heavy (non-hydrogen) atoms. The molecule has 6 heteroatoms. The summed E-state index contributed by atoms with van der Waals surface area (Å²) in [7, 11) is 4.01. The fourth-order valence-electron chi connectivity index (χ4n) is 3.47. The van der Waals surface area contributed by atoms with Gasteiger partial charge in [-0.1, -0.05) is 40.1 Å². The molecule has 1 unspecified atom stereocenters. The molecule has 1 aliphatic heterocycles. The van der Waals surface area contributed by atoms with Gasteiger partial charge in [-0.05, 0) is 45.2 Å². The van der Waals surface area contributed by atoms with Crippen molar-refractivity contribution in [3.8, 4) is 0 Å². The summed E-state index contributed by atoms with van der Waals surface area (Å²) in [4.78, 5) is 16.8. The third-order valence-corrected chi connectivity index (χ3v) is 7.77. The summed E-state index contributed by atoms with van der Waals surface area (Å²) >= 11 is 0. The molecule has 142 valence electrons. The van der Waals surface area contributed by atoms with Crippen molar-refractivity contribution in [1.82, 2.24) is 14.9 Å². The van der Waals surface area contributed by atoms with Gasteiger partial charge in [0.2, 0.25) is 5.91 Å². The largest absolute Gasteiger partial charge is 0.356 e. The summed E-state index contributed by atoms with van der Waals surface area (Å²) in [6.07, 6.45) is 6.16. The molecular weight excluding hydrogens is 362 g/mol. The molecular formula is C20H29N3OS2. The molecule has 0 aliphatic carbocycles. The predicted octanol–water partition coefficient (Wildman–Crippen LogP) is 4.99.